The summed E-state index contributed by atoms with van der Waals surface area (Å²) in [5.74, 6) is 1.46. The van der Waals surface area contributed by atoms with E-state index in [2.05, 4.69) is 35.6 Å². The van der Waals surface area contributed by atoms with Crippen molar-refractivity contribution in [3.63, 3.8) is 0 Å². The quantitative estimate of drug-likeness (QED) is 0.811. The molecule has 0 aliphatic heterocycles. The van der Waals surface area contributed by atoms with E-state index in [1.807, 2.05) is 18.2 Å². The van der Waals surface area contributed by atoms with Gasteiger partial charge in [0.15, 0.2) is 0 Å². The second-order valence-corrected chi connectivity index (χ2v) is 4.67. The molecule has 0 spiro atoms. The summed E-state index contributed by atoms with van der Waals surface area (Å²) in [4.78, 5) is 0. The van der Waals surface area contributed by atoms with Crippen LogP contribution in [0.4, 0.5) is 0 Å². The summed E-state index contributed by atoms with van der Waals surface area (Å²) >= 11 is 5.76. The van der Waals surface area contributed by atoms with Gasteiger partial charge >= 0.3 is 0 Å². The largest absolute Gasteiger partial charge is 0.497 e. The maximum atomic E-state index is 5.76. The maximum absolute atomic E-state index is 5.76. The minimum Gasteiger partial charge on any atom is -0.497 e. The van der Waals surface area contributed by atoms with Gasteiger partial charge in [-0.05, 0) is 28.8 Å². The van der Waals surface area contributed by atoms with Crippen LogP contribution in [0.2, 0.25) is 0 Å². The van der Waals surface area contributed by atoms with Crippen LogP contribution in [0, 0.1) is 0 Å². The van der Waals surface area contributed by atoms with Gasteiger partial charge in [-0.1, -0.05) is 36.4 Å². The molecule has 0 fully saturated rings. The van der Waals surface area contributed by atoms with Gasteiger partial charge in [-0.2, -0.15) is 0 Å². The fourth-order valence-electron chi connectivity index (χ4n) is 1.88. The molecule has 0 saturated heterocycles. The van der Waals surface area contributed by atoms with Gasteiger partial charge in [0, 0.05) is 19.0 Å². The molecular formula is C16H18ClNO. The van der Waals surface area contributed by atoms with Gasteiger partial charge in [-0.15, -0.1) is 11.6 Å². The van der Waals surface area contributed by atoms with E-state index < -0.39 is 0 Å². The molecule has 0 aliphatic carbocycles. The molecule has 2 aromatic rings. The lowest BCUT2D eigenvalue weighted by atomic mass is 10.1. The lowest BCUT2D eigenvalue weighted by Gasteiger charge is -2.07. The van der Waals surface area contributed by atoms with E-state index in [4.69, 9.17) is 16.3 Å². The third-order valence-corrected chi connectivity index (χ3v) is 3.28. The lowest BCUT2D eigenvalue weighted by molar-refractivity contribution is 0.414. The molecular weight excluding hydrogens is 258 g/mol. The number of ether oxygens (including phenoxy) is 1. The van der Waals surface area contributed by atoms with Gasteiger partial charge in [0.25, 0.3) is 0 Å². The maximum Gasteiger partial charge on any atom is 0.119 e. The fourth-order valence-corrected chi connectivity index (χ4v) is 2.06. The SMILES string of the molecule is COc1cccc(CNCc2ccc(CCl)cc2)c1. The average molecular weight is 276 g/mol. The molecule has 2 rings (SSSR count). The summed E-state index contributed by atoms with van der Waals surface area (Å²) in [6.07, 6.45) is 0. The second kappa shape index (κ2) is 7.17. The molecule has 100 valence electrons. The van der Waals surface area contributed by atoms with Crippen molar-refractivity contribution in [2.75, 3.05) is 7.11 Å². The summed E-state index contributed by atoms with van der Waals surface area (Å²) in [6, 6.07) is 16.4. The normalized spacial score (nSPS) is 10.4. The predicted molar refractivity (Wildman–Crippen MR) is 79.5 cm³/mol. The molecule has 0 aliphatic rings. The third-order valence-electron chi connectivity index (χ3n) is 2.97. The van der Waals surface area contributed by atoms with Crippen LogP contribution in [-0.2, 0) is 19.0 Å². The van der Waals surface area contributed by atoms with Crippen molar-refractivity contribution in [3.8, 4) is 5.75 Å². The first-order chi connectivity index (χ1) is 9.31. The molecule has 0 heterocycles. The van der Waals surface area contributed by atoms with Crippen molar-refractivity contribution in [3.05, 3.63) is 65.2 Å². The predicted octanol–water partition coefficient (Wildman–Crippen LogP) is 3.72. The summed E-state index contributed by atoms with van der Waals surface area (Å²) < 4.78 is 5.20. The number of rotatable bonds is 6. The molecule has 0 saturated carbocycles. The number of alkyl halides is 1. The van der Waals surface area contributed by atoms with Crippen molar-refractivity contribution in [1.82, 2.24) is 5.32 Å². The Balaban J connectivity index is 1.85. The Morgan fingerprint density at radius 1 is 0.947 bits per heavy atom. The Morgan fingerprint density at radius 2 is 1.63 bits per heavy atom. The summed E-state index contributed by atoms with van der Waals surface area (Å²) in [5, 5.41) is 3.42. The van der Waals surface area contributed by atoms with Crippen molar-refractivity contribution < 1.29 is 4.74 Å². The Bertz CT molecular complexity index is 510. The van der Waals surface area contributed by atoms with E-state index in [-0.39, 0.29) is 0 Å². The molecule has 0 amide bonds. The van der Waals surface area contributed by atoms with Crippen LogP contribution in [-0.4, -0.2) is 7.11 Å². The van der Waals surface area contributed by atoms with Crippen LogP contribution in [0.3, 0.4) is 0 Å². The highest BCUT2D eigenvalue weighted by Gasteiger charge is 1.97. The first-order valence-electron chi connectivity index (χ1n) is 6.29. The van der Waals surface area contributed by atoms with Gasteiger partial charge in [-0.3, -0.25) is 0 Å². The summed E-state index contributed by atoms with van der Waals surface area (Å²) in [6.45, 7) is 1.67. The van der Waals surface area contributed by atoms with Crippen LogP contribution >= 0.6 is 11.6 Å². The van der Waals surface area contributed by atoms with Crippen LogP contribution in [0.5, 0.6) is 5.75 Å². The molecule has 1 N–H and O–H groups in total. The highest BCUT2D eigenvalue weighted by atomic mass is 35.5. The second-order valence-electron chi connectivity index (χ2n) is 4.41. The van der Waals surface area contributed by atoms with Gasteiger partial charge < -0.3 is 10.1 Å². The van der Waals surface area contributed by atoms with Crippen molar-refractivity contribution in [2.24, 2.45) is 0 Å². The third kappa shape index (κ3) is 4.27. The average Bonchev–Trinajstić information content (AvgIpc) is 2.48. The highest BCUT2D eigenvalue weighted by molar-refractivity contribution is 6.17. The molecule has 19 heavy (non-hydrogen) atoms. The van der Waals surface area contributed by atoms with E-state index in [9.17, 15) is 0 Å². The smallest absolute Gasteiger partial charge is 0.119 e. The van der Waals surface area contributed by atoms with Crippen LogP contribution < -0.4 is 10.1 Å². The molecule has 2 nitrogen and oxygen atoms in total. The van der Waals surface area contributed by atoms with Crippen molar-refractivity contribution in [2.45, 2.75) is 19.0 Å². The lowest BCUT2D eigenvalue weighted by Crippen LogP contribution is -2.12. The number of nitrogens with one attached hydrogen (secondary N) is 1. The van der Waals surface area contributed by atoms with E-state index in [0.717, 1.165) is 24.4 Å². The van der Waals surface area contributed by atoms with Crippen molar-refractivity contribution in [1.29, 1.82) is 0 Å². The number of methoxy groups -OCH3 is 1. The number of hydrogen-bond donors (Lipinski definition) is 1. The van der Waals surface area contributed by atoms with E-state index in [1.54, 1.807) is 7.11 Å². The Morgan fingerprint density at radius 3 is 2.32 bits per heavy atom. The standard InChI is InChI=1S/C16H18ClNO/c1-19-16-4-2-3-15(9-16)12-18-11-14-7-5-13(10-17)6-8-14/h2-9,18H,10-12H2,1H3. The highest BCUT2D eigenvalue weighted by Crippen LogP contribution is 2.12. The number of hydrogen-bond acceptors (Lipinski definition) is 2. The topological polar surface area (TPSA) is 21.3 Å². The first-order valence-corrected chi connectivity index (χ1v) is 6.82. The number of benzene rings is 2. The number of halogens is 1. The Labute approximate surface area is 119 Å². The minimum absolute atomic E-state index is 0.567. The zero-order valence-corrected chi connectivity index (χ0v) is 11.8. The summed E-state index contributed by atoms with van der Waals surface area (Å²) in [5.41, 5.74) is 3.63. The van der Waals surface area contributed by atoms with Gasteiger partial charge in [0.2, 0.25) is 0 Å². The zero-order chi connectivity index (χ0) is 13.5. The Kier molecular flexibility index (Phi) is 5.25. The monoisotopic (exact) mass is 275 g/mol. The minimum atomic E-state index is 0.567. The molecule has 0 bridgehead atoms. The molecule has 0 unspecified atom stereocenters. The van der Waals surface area contributed by atoms with E-state index in [0.29, 0.717) is 5.88 Å². The van der Waals surface area contributed by atoms with Crippen molar-refractivity contribution >= 4 is 11.6 Å². The fraction of sp³-hybridized carbons (Fsp3) is 0.250. The molecule has 3 heteroatoms. The van der Waals surface area contributed by atoms with Crippen LogP contribution in [0.15, 0.2) is 48.5 Å². The van der Waals surface area contributed by atoms with E-state index >= 15 is 0 Å². The Hall–Kier alpha value is -1.51. The first kappa shape index (κ1) is 13.9. The molecule has 0 radical (unpaired) electrons. The van der Waals surface area contributed by atoms with E-state index in [1.165, 1.54) is 11.1 Å². The molecule has 0 aromatic heterocycles. The van der Waals surface area contributed by atoms with Gasteiger partial charge in [0.05, 0.1) is 7.11 Å². The van der Waals surface area contributed by atoms with Gasteiger partial charge in [0.1, 0.15) is 5.75 Å². The summed E-state index contributed by atoms with van der Waals surface area (Å²) in [7, 11) is 1.69. The van der Waals surface area contributed by atoms with Gasteiger partial charge in [-0.25, -0.2) is 0 Å². The molecule has 2 aromatic carbocycles. The van der Waals surface area contributed by atoms with Crippen LogP contribution in [0.1, 0.15) is 16.7 Å². The zero-order valence-electron chi connectivity index (χ0n) is 11.0. The van der Waals surface area contributed by atoms with Crippen LogP contribution in [0.25, 0.3) is 0 Å². The molecule has 0 atom stereocenters.